The fourth-order valence-corrected chi connectivity index (χ4v) is 4.32. The van der Waals surface area contributed by atoms with Crippen LogP contribution in [0.15, 0.2) is 23.2 Å². The predicted octanol–water partition coefficient (Wildman–Crippen LogP) is 5.23. The number of hydrogen-bond donors (Lipinski definition) is 0. The zero-order valence-electron chi connectivity index (χ0n) is 15.5. The highest BCUT2D eigenvalue weighted by molar-refractivity contribution is 8.14. The standard InChI is InChI=1S/C20H29N3S/c1-6-17-10-16(11-21)7-8-19(17)22-20-23(12-15(4)5)18(13-24-20)9-14(2)3/h7-8,10,14-15,18H,6,9,12-13H2,1-5H3/b22-20-/t18-/m0/s1. The second-order valence-corrected chi connectivity index (χ2v) is 8.33. The summed E-state index contributed by atoms with van der Waals surface area (Å²) in [5, 5.41) is 10.2. The van der Waals surface area contributed by atoms with Crippen LogP contribution < -0.4 is 0 Å². The van der Waals surface area contributed by atoms with Gasteiger partial charge in [0.25, 0.3) is 0 Å². The predicted molar refractivity (Wildman–Crippen MR) is 105 cm³/mol. The molecule has 3 nitrogen and oxygen atoms in total. The average molecular weight is 344 g/mol. The molecule has 0 amide bonds. The van der Waals surface area contributed by atoms with Crippen LogP contribution in [0, 0.1) is 23.2 Å². The Morgan fingerprint density at radius 1 is 1.29 bits per heavy atom. The first-order valence-electron chi connectivity index (χ1n) is 8.95. The van der Waals surface area contributed by atoms with Gasteiger partial charge in [-0.3, -0.25) is 0 Å². The van der Waals surface area contributed by atoms with Gasteiger partial charge in [-0.15, -0.1) is 0 Å². The Balaban J connectivity index is 2.31. The monoisotopic (exact) mass is 343 g/mol. The Hall–Kier alpha value is -1.47. The maximum absolute atomic E-state index is 9.09. The van der Waals surface area contributed by atoms with Gasteiger partial charge in [-0.05, 0) is 48.4 Å². The highest BCUT2D eigenvalue weighted by Gasteiger charge is 2.31. The minimum absolute atomic E-state index is 0.583. The van der Waals surface area contributed by atoms with E-state index in [-0.39, 0.29) is 0 Å². The van der Waals surface area contributed by atoms with Crippen molar-refractivity contribution in [3.8, 4) is 6.07 Å². The smallest absolute Gasteiger partial charge is 0.164 e. The lowest BCUT2D eigenvalue weighted by Gasteiger charge is -2.29. The highest BCUT2D eigenvalue weighted by Crippen LogP contribution is 2.32. The van der Waals surface area contributed by atoms with Crippen molar-refractivity contribution in [3.05, 3.63) is 29.3 Å². The van der Waals surface area contributed by atoms with E-state index in [1.807, 2.05) is 30.0 Å². The Morgan fingerprint density at radius 2 is 2.04 bits per heavy atom. The summed E-state index contributed by atoms with van der Waals surface area (Å²) in [7, 11) is 0. The molecule has 0 aromatic heterocycles. The minimum atomic E-state index is 0.583. The maximum Gasteiger partial charge on any atom is 0.164 e. The molecule has 1 atom stereocenters. The van der Waals surface area contributed by atoms with Crippen LogP contribution in [0.1, 0.15) is 52.2 Å². The molecule has 1 aromatic rings. The van der Waals surface area contributed by atoms with Crippen molar-refractivity contribution in [2.24, 2.45) is 16.8 Å². The van der Waals surface area contributed by atoms with Crippen LogP contribution in [0.3, 0.4) is 0 Å². The van der Waals surface area contributed by atoms with Crippen molar-refractivity contribution in [2.45, 2.75) is 53.5 Å². The molecule has 1 aliphatic rings. The van der Waals surface area contributed by atoms with Crippen LogP contribution in [0.5, 0.6) is 0 Å². The van der Waals surface area contributed by atoms with Gasteiger partial charge in [-0.25, -0.2) is 4.99 Å². The van der Waals surface area contributed by atoms with Crippen molar-refractivity contribution in [3.63, 3.8) is 0 Å². The molecule has 0 aliphatic carbocycles. The fraction of sp³-hybridized carbons (Fsp3) is 0.600. The summed E-state index contributed by atoms with van der Waals surface area (Å²) in [6.07, 6.45) is 2.11. The third kappa shape index (κ3) is 4.77. The number of hydrogen-bond acceptors (Lipinski definition) is 3. The van der Waals surface area contributed by atoms with Crippen molar-refractivity contribution in [1.29, 1.82) is 5.26 Å². The van der Waals surface area contributed by atoms with Gasteiger partial charge in [0.1, 0.15) is 0 Å². The fourth-order valence-electron chi connectivity index (χ4n) is 3.11. The SMILES string of the molecule is CCc1cc(C#N)ccc1/N=C1\SC[C@H](CC(C)C)N1CC(C)C. The molecule has 24 heavy (non-hydrogen) atoms. The van der Waals surface area contributed by atoms with E-state index < -0.39 is 0 Å². The quantitative estimate of drug-likeness (QED) is 0.710. The maximum atomic E-state index is 9.09. The summed E-state index contributed by atoms with van der Waals surface area (Å²) < 4.78 is 0. The summed E-state index contributed by atoms with van der Waals surface area (Å²) in [5.41, 5.74) is 2.88. The molecule has 0 spiro atoms. The molecule has 2 rings (SSSR count). The lowest BCUT2D eigenvalue weighted by Crippen LogP contribution is -2.37. The summed E-state index contributed by atoms with van der Waals surface area (Å²) in [6, 6.07) is 8.64. The van der Waals surface area contributed by atoms with Crippen molar-refractivity contribution < 1.29 is 0 Å². The Morgan fingerprint density at radius 3 is 2.62 bits per heavy atom. The number of nitrogens with zero attached hydrogens (tertiary/aromatic N) is 3. The molecule has 1 saturated heterocycles. The minimum Gasteiger partial charge on any atom is -0.347 e. The third-order valence-corrected chi connectivity index (χ3v) is 5.34. The van der Waals surface area contributed by atoms with E-state index in [1.54, 1.807) is 0 Å². The number of thioether (sulfide) groups is 1. The molecule has 0 unspecified atom stereocenters. The van der Waals surface area contributed by atoms with Gasteiger partial charge in [-0.1, -0.05) is 46.4 Å². The van der Waals surface area contributed by atoms with Crippen molar-refractivity contribution in [1.82, 2.24) is 4.90 Å². The number of nitriles is 1. The van der Waals surface area contributed by atoms with Gasteiger partial charge in [0, 0.05) is 18.3 Å². The first-order chi connectivity index (χ1) is 11.4. The van der Waals surface area contributed by atoms with Crippen molar-refractivity contribution in [2.75, 3.05) is 12.3 Å². The Kier molecular flexibility index (Phi) is 6.74. The van der Waals surface area contributed by atoms with E-state index in [0.717, 1.165) is 35.1 Å². The molecule has 130 valence electrons. The molecule has 0 bridgehead atoms. The van der Waals surface area contributed by atoms with Gasteiger partial charge < -0.3 is 4.90 Å². The number of amidine groups is 1. The van der Waals surface area contributed by atoms with E-state index in [0.29, 0.717) is 23.4 Å². The van der Waals surface area contributed by atoms with E-state index in [2.05, 4.69) is 45.6 Å². The van der Waals surface area contributed by atoms with Crippen LogP contribution in [0.2, 0.25) is 0 Å². The van der Waals surface area contributed by atoms with Crippen LogP contribution in [0.4, 0.5) is 5.69 Å². The molecule has 1 heterocycles. The molecular formula is C20H29N3S. The number of benzene rings is 1. The van der Waals surface area contributed by atoms with Crippen LogP contribution >= 0.6 is 11.8 Å². The first-order valence-corrected chi connectivity index (χ1v) is 9.94. The molecule has 1 aliphatic heterocycles. The summed E-state index contributed by atoms with van der Waals surface area (Å²) in [6.45, 7) is 12.3. The van der Waals surface area contributed by atoms with Gasteiger partial charge in [-0.2, -0.15) is 5.26 Å². The third-order valence-electron chi connectivity index (χ3n) is 4.20. The zero-order chi connectivity index (χ0) is 17.7. The number of aliphatic imine (C=N–C) groups is 1. The normalized spacial score (nSPS) is 19.5. The lowest BCUT2D eigenvalue weighted by atomic mass is 10.0. The average Bonchev–Trinajstić information content (AvgIpc) is 2.88. The number of rotatable bonds is 6. The summed E-state index contributed by atoms with van der Waals surface area (Å²) in [4.78, 5) is 7.50. The van der Waals surface area contributed by atoms with E-state index in [9.17, 15) is 0 Å². The summed E-state index contributed by atoms with van der Waals surface area (Å²) in [5.74, 6) is 2.45. The van der Waals surface area contributed by atoms with Gasteiger partial charge >= 0.3 is 0 Å². The van der Waals surface area contributed by atoms with Crippen molar-refractivity contribution >= 4 is 22.6 Å². The second-order valence-electron chi connectivity index (χ2n) is 7.34. The van der Waals surface area contributed by atoms with Gasteiger partial charge in [0.05, 0.1) is 17.3 Å². The van der Waals surface area contributed by atoms with Crippen LogP contribution in [0.25, 0.3) is 0 Å². The van der Waals surface area contributed by atoms with Crippen LogP contribution in [-0.2, 0) is 6.42 Å². The molecular weight excluding hydrogens is 314 g/mol. The molecule has 0 N–H and O–H groups in total. The zero-order valence-corrected chi connectivity index (χ0v) is 16.4. The Bertz CT molecular complexity index is 628. The topological polar surface area (TPSA) is 39.4 Å². The van der Waals surface area contributed by atoms with E-state index in [4.69, 9.17) is 10.3 Å². The van der Waals surface area contributed by atoms with E-state index >= 15 is 0 Å². The molecule has 0 radical (unpaired) electrons. The van der Waals surface area contributed by atoms with Gasteiger partial charge in [0.2, 0.25) is 0 Å². The number of aryl methyl sites for hydroxylation is 1. The first kappa shape index (κ1) is 18.9. The molecule has 1 fully saturated rings. The largest absolute Gasteiger partial charge is 0.347 e. The second kappa shape index (κ2) is 8.58. The Labute approximate surface area is 151 Å². The lowest BCUT2D eigenvalue weighted by molar-refractivity contribution is 0.279. The molecule has 4 heteroatoms. The van der Waals surface area contributed by atoms with E-state index in [1.165, 1.54) is 6.42 Å². The highest BCUT2D eigenvalue weighted by atomic mass is 32.2. The molecule has 1 aromatic carbocycles. The summed E-state index contributed by atoms with van der Waals surface area (Å²) >= 11 is 1.88. The van der Waals surface area contributed by atoms with Gasteiger partial charge in [0.15, 0.2) is 5.17 Å². The van der Waals surface area contributed by atoms with Crippen LogP contribution in [-0.4, -0.2) is 28.4 Å². The molecule has 0 saturated carbocycles.